The Bertz CT molecular complexity index is 514. The number of rotatable bonds is 6. The molecule has 2 atom stereocenters. The van der Waals surface area contributed by atoms with Crippen LogP contribution in [0.15, 0.2) is 24.3 Å². The molecule has 0 bridgehead atoms. The van der Waals surface area contributed by atoms with Crippen molar-refractivity contribution in [3.05, 3.63) is 35.4 Å². The van der Waals surface area contributed by atoms with E-state index in [0.29, 0.717) is 18.5 Å². The maximum atomic E-state index is 12.6. The van der Waals surface area contributed by atoms with Crippen LogP contribution in [0, 0.1) is 0 Å². The van der Waals surface area contributed by atoms with Crippen LogP contribution in [0.4, 0.5) is 13.2 Å². The van der Waals surface area contributed by atoms with E-state index in [1.165, 1.54) is 19.1 Å². The quantitative estimate of drug-likeness (QED) is 0.785. The SMILES string of the molecule is CC(=O)NCCCNC1CCC(c2ccc(C(F)(F)F)cc2)C1. The van der Waals surface area contributed by atoms with E-state index in [4.69, 9.17) is 0 Å². The lowest BCUT2D eigenvalue weighted by atomic mass is 9.96. The van der Waals surface area contributed by atoms with Crippen LogP contribution in [0.1, 0.15) is 49.7 Å². The second-order valence-electron chi connectivity index (χ2n) is 6.12. The minimum Gasteiger partial charge on any atom is -0.356 e. The Morgan fingerprint density at radius 2 is 1.87 bits per heavy atom. The van der Waals surface area contributed by atoms with E-state index < -0.39 is 11.7 Å². The van der Waals surface area contributed by atoms with E-state index in [1.807, 2.05) is 0 Å². The highest BCUT2D eigenvalue weighted by Crippen LogP contribution is 2.36. The molecule has 3 nitrogen and oxygen atoms in total. The number of amides is 1. The fourth-order valence-electron chi connectivity index (χ4n) is 3.07. The lowest BCUT2D eigenvalue weighted by Gasteiger charge is -2.14. The summed E-state index contributed by atoms with van der Waals surface area (Å²) >= 11 is 0. The zero-order valence-electron chi connectivity index (χ0n) is 13.2. The molecule has 1 fully saturated rings. The molecule has 2 unspecified atom stereocenters. The molecule has 128 valence electrons. The fraction of sp³-hybridized carbons (Fsp3) is 0.588. The van der Waals surface area contributed by atoms with Gasteiger partial charge in [0.15, 0.2) is 0 Å². The molecule has 23 heavy (non-hydrogen) atoms. The van der Waals surface area contributed by atoms with Crippen LogP contribution >= 0.6 is 0 Å². The predicted octanol–water partition coefficient (Wildman–Crippen LogP) is 3.46. The van der Waals surface area contributed by atoms with E-state index in [2.05, 4.69) is 10.6 Å². The summed E-state index contributed by atoms with van der Waals surface area (Å²) in [4.78, 5) is 10.7. The summed E-state index contributed by atoms with van der Waals surface area (Å²) in [6, 6.07) is 5.95. The van der Waals surface area contributed by atoms with E-state index in [-0.39, 0.29) is 5.91 Å². The summed E-state index contributed by atoms with van der Waals surface area (Å²) in [6.45, 7) is 3.00. The lowest BCUT2D eigenvalue weighted by molar-refractivity contribution is -0.137. The smallest absolute Gasteiger partial charge is 0.356 e. The van der Waals surface area contributed by atoms with Gasteiger partial charge in [0.05, 0.1) is 5.56 Å². The number of alkyl halides is 3. The van der Waals surface area contributed by atoms with Crippen LogP contribution in [0.25, 0.3) is 0 Å². The number of hydrogen-bond donors (Lipinski definition) is 2. The van der Waals surface area contributed by atoms with Crippen LogP contribution in [-0.2, 0) is 11.0 Å². The maximum absolute atomic E-state index is 12.6. The predicted molar refractivity (Wildman–Crippen MR) is 83.1 cm³/mol. The van der Waals surface area contributed by atoms with E-state index in [9.17, 15) is 18.0 Å². The Balaban J connectivity index is 1.75. The first-order valence-electron chi connectivity index (χ1n) is 8.01. The first-order valence-corrected chi connectivity index (χ1v) is 8.01. The van der Waals surface area contributed by atoms with Crippen molar-refractivity contribution in [3.63, 3.8) is 0 Å². The van der Waals surface area contributed by atoms with Crippen LogP contribution in [0.3, 0.4) is 0 Å². The molecular weight excluding hydrogens is 305 g/mol. The van der Waals surface area contributed by atoms with Gasteiger partial charge in [0.2, 0.25) is 5.91 Å². The number of hydrogen-bond acceptors (Lipinski definition) is 2. The minimum atomic E-state index is -4.27. The van der Waals surface area contributed by atoms with Crippen molar-refractivity contribution in [2.24, 2.45) is 0 Å². The standard InChI is InChI=1S/C17H23F3N2O/c1-12(23)21-9-2-10-22-16-8-5-14(11-16)13-3-6-15(7-4-13)17(18,19)20/h3-4,6-7,14,16,22H,2,5,8-11H2,1H3,(H,21,23). The number of carbonyl (C=O) groups is 1. The van der Waals surface area contributed by atoms with E-state index in [0.717, 1.165) is 37.8 Å². The van der Waals surface area contributed by atoms with Crippen molar-refractivity contribution >= 4 is 5.91 Å². The largest absolute Gasteiger partial charge is 0.416 e. The molecule has 0 radical (unpaired) electrons. The lowest BCUT2D eigenvalue weighted by Crippen LogP contribution is -2.30. The van der Waals surface area contributed by atoms with Gasteiger partial charge in [-0.2, -0.15) is 13.2 Å². The molecule has 1 aromatic rings. The number of benzene rings is 1. The van der Waals surface area contributed by atoms with Gasteiger partial charge in [0.1, 0.15) is 0 Å². The Kier molecular flexibility index (Phi) is 6.04. The molecule has 1 aliphatic rings. The van der Waals surface area contributed by atoms with Crippen LogP contribution in [-0.4, -0.2) is 25.0 Å². The van der Waals surface area contributed by atoms with Gasteiger partial charge in [-0.25, -0.2) is 0 Å². The number of carbonyl (C=O) groups excluding carboxylic acids is 1. The summed E-state index contributed by atoms with van der Waals surface area (Å²) in [5.74, 6) is 0.304. The zero-order valence-corrected chi connectivity index (χ0v) is 13.2. The highest BCUT2D eigenvalue weighted by Gasteiger charge is 2.31. The van der Waals surface area contributed by atoms with Gasteiger partial charge in [0.25, 0.3) is 0 Å². The van der Waals surface area contributed by atoms with Crippen molar-refractivity contribution < 1.29 is 18.0 Å². The van der Waals surface area contributed by atoms with Gasteiger partial charge < -0.3 is 10.6 Å². The summed E-state index contributed by atoms with van der Waals surface area (Å²) in [5.41, 5.74) is 0.396. The van der Waals surface area contributed by atoms with Gasteiger partial charge in [-0.1, -0.05) is 12.1 Å². The molecule has 0 heterocycles. The van der Waals surface area contributed by atoms with Crippen molar-refractivity contribution in [2.75, 3.05) is 13.1 Å². The monoisotopic (exact) mass is 328 g/mol. The van der Waals surface area contributed by atoms with E-state index >= 15 is 0 Å². The Morgan fingerprint density at radius 3 is 2.48 bits per heavy atom. The average molecular weight is 328 g/mol. The third-order valence-corrected chi connectivity index (χ3v) is 4.30. The van der Waals surface area contributed by atoms with Crippen molar-refractivity contribution in [1.29, 1.82) is 0 Å². The molecule has 0 aromatic heterocycles. The highest BCUT2D eigenvalue weighted by atomic mass is 19.4. The highest BCUT2D eigenvalue weighted by molar-refractivity contribution is 5.72. The molecule has 0 saturated heterocycles. The molecule has 0 spiro atoms. The van der Waals surface area contributed by atoms with E-state index in [1.54, 1.807) is 12.1 Å². The second kappa shape index (κ2) is 7.81. The third-order valence-electron chi connectivity index (χ3n) is 4.30. The molecule has 2 rings (SSSR count). The van der Waals surface area contributed by atoms with Gasteiger partial charge in [-0.05, 0) is 55.8 Å². The molecule has 2 N–H and O–H groups in total. The van der Waals surface area contributed by atoms with Crippen molar-refractivity contribution in [1.82, 2.24) is 10.6 Å². The third kappa shape index (κ3) is 5.53. The van der Waals surface area contributed by atoms with Gasteiger partial charge in [0, 0.05) is 19.5 Å². The van der Waals surface area contributed by atoms with Crippen molar-refractivity contribution in [2.45, 2.75) is 50.7 Å². The Hall–Kier alpha value is -1.56. The van der Waals surface area contributed by atoms with Gasteiger partial charge >= 0.3 is 6.18 Å². The number of halogens is 3. The molecule has 1 saturated carbocycles. The maximum Gasteiger partial charge on any atom is 0.416 e. The first kappa shape index (κ1) is 17.8. The van der Waals surface area contributed by atoms with Crippen molar-refractivity contribution in [3.8, 4) is 0 Å². The van der Waals surface area contributed by atoms with Crippen LogP contribution in [0.2, 0.25) is 0 Å². The molecule has 1 aromatic carbocycles. The zero-order chi connectivity index (χ0) is 16.9. The summed E-state index contributed by atoms with van der Waals surface area (Å²) < 4.78 is 37.7. The summed E-state index contributed by atoms with van der Waals surface area (Å²) in [7, 11) is 0. The molecular formula is C17H23F3N2O. The summed E-state index contributed by atoms with van der Waals surface area (Å²) in [6.07, 6.45) is -0.417. The topological polar surface area (TPSA) is 41.1 Å². The minimum absolute atomic E-state index is 0.0202. The normalized spacial score (nSPS) is 21.4. The Labute approximate surface area is 134 Å². The molecule has 6 heteroatoms. The van der Waals surface area contributed by atoms with Crippen LogP contribution < -0.4 is 10.6 Å². The fourth-order valence-corrected chi connectivity index (χ4v) is 3.07. The molecule has 1 aliphatic carbocycles. The molecule has 1 amide bonds. The van der Waals surface area contributed by atoms with Crippen LogP contribution in [0.5, 0.6) is 0 Å². The summed E-state index contributed by atoms with van der Waals surface area (Å²) in [5, 5.41) is 6.21. The Morgan fingerprint density at radius 1 is 1.17 bits per heavy atom. The van der Waals surface area contributed by atoms with Gasteiger partial charge in [-0.3, -0.25) is 4.79 Å². The second-order valence-corrected chi connectivity index (χ2v) is 6.12. The first-order chi connectivity index (χ1) is 10.9. The average Bonchev–Trinajstić information content (AvgIpc) is 2.95. The number of nitrogens with one attached hydrogen (secondary N) is 2. The van der Waals surface area contributed by atoms with Gasteiger partial charge in [-0.15, -0.1) is 0 Å². The molecule has 0 aliphatic heterocycles.